The van der Waals surface area contributed by atoms with Gasteiger partial charge in [0.15, 0.2) is 17.5 Å². The third-order valence-corrected chi connectivity index (χ3v) is 5.95. The Morgan fingerprint density at radius 1 is 1.03 bits per heavy atom. The lowest BCUT2D eigenvalue weighted by Crippen LogP contribution is -2.46. The Morgan fingerprint density at radius 2 is 1.83 bits per heavy atom. The van der Waals surface area contributed by atoms with Gasteiger partial charge in [-0.15, -0.1) is 0 Å². The Kier molecular flexibility index (Phi) is 6.65. The molecule has 2 aromatic rings. The zero-order valence-electron chi connectivity index (χ0n) is 17.2. The predicted molar refractivity (Wildman–Crippen MR) is 120 cm³/mol. The minimum atomic E-state index is -0.0501. The second kappa shape index (κ2) is 9.58. The lowest BCUT2D eigenvalue weighted by atomic mass is 9.74. The molecule has 0 aromatic heterocycles. The molecule has 2 heterocycles. The zero-order valence-corrected chi connectivity index (χ0v) is 18.0. The molecule has 0 amide bonds. The Hall–Kier alpha value is -2.44. The molecule has 2 N–H and O–H groups in total. The molecular weight excluding hydrogens is 402 g/mol. The van der Waals surface area contributed by atoms with Gasteiger partial charge < -0.3 is 24.8 Å². The van der Waals surface area contributed by atoms with Gasteiger partial charge in [0.05, 0.1) is 13.2 Å². The Labute approximate surface area is 182 Å². The molecule has 0 aliphatic carbocycles. The van der Waals surface area contributed by atoms with Gasteiger partial charge in [0.25, 0.3) is 0 Å². The number of halogens is 1. The molecule has 0 spiro atoms. The molecule has 4 rings (SSSR count). The fraction of sp³-hybridized carbons (Fsp3) is 0.435. The van der Waals surface area contributed by atoms with E-state index in [-0.39, 0.29) is 5.41 Å². The fourth-order valence-corrected chi connectivity index (χ4v) is 4.15. The Bertz CT molecular complexity index is 897. The maximum absolute atomic E-state index is 6.28. The third kappa shape index (κ3) is 4.82. The number of benzene rings is 2. The van der Waals surface area contributed by atoms with E-state index in [0.717, 1.165) is 61.2 Å². The number of hydrogen-bond acceptors (Lipinski definition) is 4. The highest BCUT2D eigenvalue weighted by molar-refractivity contribution is 6.30. The van der Waals surface area contributed by atoms with Crippen molar-refractivity contribution in [1.29, 1.82) is 0 Å². The van der Waals surface area contributed by atoms with Gasteiger partial charge in [-0.1, -0.05) is 23.7 Å². The molecule has 2 aliphatic rings. The van der Waals surface area contributed by atoms with Crippen LogP contribution in [0, 0.1) is 0 Å². The van der Waals surface area contributed by atoms with E-state index in [9.17, 15) is 0 Å². The number of ether oxygens (including phenoxy) is 3. The fourth-order valence-electron chi connectivity index (χ4n) is 3.96. The summed E-state index contributed by atoms with van der Waals surface area (Å²) in [6.07, 6.45) is 2.75. The SMILES string of the molecule is CN=C(NCC1(c2cccc(Cl)c2)CCOCC1)Nc1ccc2c(c1)OCCCO2. The molecule has 2 aliphatic heterocycles. The number of rotatable bonds is 4. The number of hydrogen-bond donors (Lipinski definition) is 2. The van der Waals surface area contributed by atoms with Gasteiger partial charge in [0, 0.05) is 55.4 Å². The molecule has 0 bridgehead atoms. The number of nitrogens with zero attached hydrogens (tertiary/aromatic N) is 1. The van der Waals surface area contributed by atoms with Gasteiger partial charge >= 0.3 is 0 Å². The van der Waals surface area contributed by atoms with Gasteiger partial charge in [-0.25, -0.2) is 0 Å². The zero-order chi connectivity index (χ0) is 20.8. The van der Waals surface area contributed by atoms with Gasteiger partial charge in [-0.3, -0.25) is 4.99 Å². The van der Waals surface area contributed by atoms with E-state index in [1.165, 1.54) is 5.56 Å². The Morgan fingerprint density at radius 3 is 2.60 bits per heavy atom. The monoisotopic (exact) mass is 429 g/mol. The smallest absolute Gasteiger partial charge is 0.195 e. The summed E-state index contributed by atoms with van der Waals surface area (Å²) in [6, 6.07) is 14.0. The van der Waals surface area contributed by atoms with E-state index >= 15 is 0 Å². The number of anilines is 1. The first kappa shape index (κ1) is 20.8. The topological polar surface area (TPSA) is 64.1 Å². The van der Waals surface area contributed by atoms with Crippen LogP contribution in [0.4, 0.5) is 5.69 Å². The molecular formula is C23H28ClN3O3. The van der Waals surface area contributed by atoms with Gasteiger partial charge in [-0.05, 0) is 42.7 Å². The predicted octanol–water partition coefficient (Wildman–Crippen LogP) is 4.24. The number of fused-ring (bicyclic) bond motifs is 1. The van der Waals surface area contributed by atoms with Crippen molar-refractivity contribution in [2.45, 2.75) is 24.7 Å². The second-order valence-corrected chi connectivity index (χ2v) is 8.10. The van der Waals surface area contributed by atoms with Crippen molar-refractivity contribution in [3.63, 3.8) is 0 Å². The normalized spacial score (nSPS) is 18.4. The summed E-state index contributed by atoms with van der Waals surface area (Å²) in [5.74, 6) is 2.24. The first-order valence-corrected chi connectivity index (χ1v) is 10.8. The highest BCUT2D eigenvalue weighted by atomic mass is 35.5. The van der Waals surface area contributed by atoms with Crippen LogP contribution in [-0.4, -0.2) is 46.0 Å². The van der Waals surface area contributed by atoms with Crippen LogP contribution in [0.25, 0.3) is 0 Å². The summed E-state index contributed by atoms with van der Waals surface area (Å²) in [6.45, 7) is 3.55. The van der Waals surface area contributed by atoms with Crippen molar-refractivity contribution in [3.8, 4) is 11.5 Å². The summed E-state index contributed by atoms with van der Waals surface area (Å²) in [5.41, 5.74) is 2.08. The summed E-state index contributed by atoms with van der Waals surface area (Å²) < 4.78 is 17.1. The average Bonchev–Trinajstić information content (AvgIpc) is 3.02. The summed E-state index contributed by atoms with van der Waals surface area (Å²) in [7, 11) is 1.77. The van der Waals surface area contributed by atoms with Crippen molar-refractivity contribution in [1.82, 2.24) is 5.32 Å². The van der Waals surface area contributed by atoms with Crippen LogP contribution in [-0.2, 0) is 10.2 Å². The lowest BCUT2D eigenvalue weighted by Gasteiger charge is -2.38. The molecule has 0 atom stereocenters. The maximum Gasteiger partial charge on any atom is 0.195 e. The van der Waals surface area contributed by atoms with Crippen molar-refractivity contribution in [3.05, 3.63) is 53.1 Å². The number of nitrogens with one attached hydrogen (secondary N) is 2. The largest absolute Gasteiger partial charge is 0.490 e. The van der Waals surface area contributed by atoms with Crippen LogP contribution in [0.2, 0.25) is 5.02 Å². The highest BCUT2D eigenvalue weighted by Gasteiger charge is 2.34. The van der Waals surface area contributed by atoms with E-state index in [1.807, 2.05) is 30.3 Å². The van der Waals surface area contributed by atoms with Crippen molar-refractivity contribution in [2.75, 3.05) is 45.3 Å². The van der Waals surface area contributed by atoms with Crippen LogP contribution in [0.5, 0.6) is 11.5 Å². The number of guanidine groups is 1. The van der Waals surface area contributed by atoms with E-state index < -0.39 is 0 Å². The van der Waals surface area contributed by atoms with Crippen LogP contribution in [0.1, 0.15) is 24.8 Å². The Balaban J connectivity index is 1.47. The average molecular weight is 430 g/mol. The summed E-state index contributed by atoms with van der Waals surface area (Å²) in [4.78, 5) is 4.41. The van der Waals surface area contributed by atoms with Gasteiger partial charge in [-0.2, -0.15) is 0 Å². The van der Waals surface area contributed by atoms with Crippen LogP contribution < -0.4 is 20.1 Å². The van der Waals surface area contributed by atoms with E-state index in [4.69, 9.17) is 25.8 Å². The molecule has 1 fully saturated rings. The molecule has 6 nitrogen and oxygen atoms in total. The molecule has 0 radical (unpaired) electrons. The van der Waals surface area contributed by atoms with Crippen molar-refractivity contribution < 1.29 is 14.2 Å². The second-order valence-electron chi connectivity index (χ2n) is 7.67. The molecule has 30 heavy (non-hydrogen) atoms. The third-order valence-electron chi connectivity index (χ3n) is 5.71. The van der Waals surface area contributed by atoms with E-state index in [0.29, 0.717) is 19.2 Å². The maximum atomic E-state index is 6.28. The first-order valence-electron chi connectivity index (χ1n) is 10.4. The molecule has 160 valence electrons. The molecule has 0 saturated carbocycles. The molecule has 7 heteroatoms. The standard InChI is InChI=1S/C23H28ClN3O3/c1-25-22(27-19-6-7-20-21(15-19)30-11-3-10-29-20)26-16-23(8-12-28-13-9-23)17-4-2-5-18(24)14-17/h2,4-7,14-15H,3,8-13,16H2,1H3,(H2,25,26,27). The molecule has 0 unspecified atom stereocenters. The first-order chi connectivity index (χ1) is 14.7. The van der Waals surface area contributed by atoms with Crippen molar-refractivity contribution >= 4 is 23.2 Å². The minimum Gasteiger partial charge on any atom is -0.490 e. The molecule has 2 aromatic carbocycles. The summed E-state index contributed by atoms with van der Waals surface area (Å²) >= 11 is 6.28. The quantitative estimate of drug-likeness (QED) is 0.562. The number of aliphatic imine (C=N–C) groups is 1. The van der Waals surface area contributed by atoms with E-state index in [1.54, 1.807) is 7.05 Å². The lowest BCUT2D eigenvalue weighted by molar-refractivity contribution is 0.0514. The highest BCUT2D eigenvalue weighted by Crippen LogP contribution is 2.36. The van der Waals surface area contributed by atoms with Crippen LogP contribution in [0.15, 0.2) is 47.5 Å². The van der Waals surface area contributed by atoms with Gasteiger partial charge in [0.2, 0.25) is 0 Å². The van der Waals surface area contributed by atoms with Gasteiger partial charge in [0.1, 0.15) is 0 Å². The molecule has 1 saturated heterocycles. The van der Waals surface area contributed by atoms with Crippen LogP contribution in [0.3, 0.4) is 0 Å². The minimum absolute atomic E-state index is 0.0501. The van der Waals surface area contributed by atoms with E-state index in [2.05, 4.69) is 27.8 Å². The van der Waals surface area contributed by atoms with Crippen molar-refractivity contribution in [2.24, 2.45) is 4.99 Å². The summed E-state index contributed by atoms with van der Waals surface area (Å²) in [5, 5.41) is 7.63. The van der Waals surface area contributed by atoms with Crippen LogP contribution >= 0.6 is 11.6 Å².